The van der Waals surface area contributed by atoms with Crippen molar-refractivity contribution in [3.63, 3.8) is 0 Å². The first-order chi connectivity index (χ1) is 14.3. The highest BCUT2D eigenvalue weighted by Crippen LogP contribution is 2.50. The molecule has 4 rings (SSSR count). The van der Waals surface area contributed by atoms with Crippen molar-refractivity contribution >= 4 is 40.8 Å². The summed E-state index contributed by atoms with van der Waals surface area (Å²) in [5.74, 6) is -0.0315. The molecule has 1 aromatic carbocycles. The molecule has 3 aliphatic rings. The van der Waals surface area contributed by atoms with Crippen molar-refractivity contribution in [2.24, 2.45) is 0 Å². The van der Waals surface area contributed by atoms with E-state index in [1.165, 1.54) is 0 Å². The van der Waals surface area contributed by atoms with Gasteiger partial charge in [-0.1, -0.05) is 23.2 Å². The summed E-state index contributed by atoms with van der Waals surface area (Å²) in [7, 11) is 0. The van der Waals surface area contributed by atoms with E-state index < -0.39 is 11.7 Å². The lowest BCUT2D eigenvalue weighted by molar-refractivity contribution is -0.117. The van der Waals surface area contributed by atoms with Gasteiger partial charge in [0.2, 0.25) is 0 Å². The topological polar surface area (TPSA) is 73.9 Å². The third-order valence-corrected chi connectivity index (χ3v) is 6.91. The zero-order valence-corrected chi connectivity index (χ0v) is 18.6. The maximum Gasteiger partial charge on any atom is 0.513 e. The Morgan fingerprint density at radius 2 is 1.93 bits per heavy atom. The lowest BCUT2D eigenvalue weighted by Gasteiger charge is -2.42. The fourth-order valence-corrected chi connectivity index (χ4v) is 5.63. The van der Waals surface area contributed by atoms with Crippen molar-refractivity contribution < 1.29 is 23.8 Å². The number of halogens is 2. The average molecular weight is 454 g/mol. The van der Waals surface area contributed by atoms with Gasteiger partial charge in [0.25, 0.3) is 5.91 Å². The van der Waals surface area contributed by atoms with Crippen LogP contribution in [0.5, 0.6) is 0 Å². The first kappa shape index (κ1) is 21.5. The number of carbonyl (C=O) groups is 2. The fourth-order valence-electron chi connectivity index (χ4n) is 4.94. The van der Waals surface area contributed by atoms with Crippen LogP contribution in [0.3, 0.4) is 0 Å². The lowest BCUT2D eigenvalue weighted by Crippen LogP contribution is -2.51. The first-order valence-corrected chi connectivity index (χ1v) is 11.1. The van der Waals surface area contributed by atoms with Crippen LogP contribution < -0.4 is 5.32 Å². The summed E-state index contributed by atoms with van der Waals surface area (Å²) >= 11 is 12.6. The smallest absolute Gasteiger partial charge is 0.434 e. The van der Waals surface area contributed by atoms with Gasteiger partial charge in [0.15, 0.2) is 5.76 Å². The molecule has 1 N–H and O–H groups in total. The normalized spacial score (nSPS) is 28.3. The summed E-state index contributed by atoms with van der Waals surface area (Å²) in [6, 6.07) is 3.32. The molecule has 0 aromatic heterocycles. The van der Waals surface area contributed by atoms with Gasteiger partial charge >= 0.3 is 6.16 Å². The molecule has 6 nitrogen and oxygen atoms in total. The largest absolute Gasteiger partial charge is 0.513 e. The Morgan fingerprint density at radius 1 is 1.20 bits per heavy atom. The molecule has 2 aliphatic heterocycles. The second kappa shape index (κ2) is 8.06. The quantitative estimate of drug-likeness (QED) is 0.638. The van der Waals surface area contributed by atoms with Crippen molar-refractivity contribution in [1.82, 2.24) is 5.32 Å². The van der Waals surface area contributed by atoms with Crippen LogP contribution in [0.4, 0.5) is 4.79 Å². The molecule has 0 unspecified atom stereocenters. The van der Waals surface area contributed by atoms with E-state index in [2.05, 4.69) is 5.32 Å². The van der Waals surface area contributed by atoms with Crippen molar-refractivity contribution in [2.75, 3.05) is 13.2 Å². The monoisotopic (exact) mass is 453 g/mol. The van der Waals surface area contributed by atoms with Crippen LogP contribution >= 0.6 is 23.2 Å². The summed E-state index contributed by atoms with van der Waals surface area (Å²) in [6.45, 7) is 4.47. The highest BCUT2D eigenvalue weighted by molar-refractivity contribution is 6.38. The minimum atomic E-state index is -0.832. The lowest BCUT2D eigenvalue weighted by atomic mass is 9.72. The van der Waals surface area contributed by atoms with Gasteiger partial charge in [0.1, 0.15) is 0 Å². The predicted octanol–water partition coefficient (Wildman–Crippen LogP) is 5.18. The molecule has 0 radical (unpaired) electrons. The molecule has 30 heavy (non-hydrogen) atoms. The second-order valence-electron chi connectivity index (χ2n) is 8.24. The number of nitrogens with one attached hydrogen (secondary N) is 1. The minimum Gasteiger partial charge on any atom is -0.434 e. The van der Waals surface area contributed by atoms with E-state index in [9.17, 15) is 9.59 Å². The maximum absolute atomic E-state index is 13.2. The molecule has 162 valence electrons. The molecule has 0 bridgehead atoms. The third-order valence-electron chi connectivity index (χ3n) is 6.39. The Labute approximate surface area is 185 Å². The summed E-state index contributed by atoms with van der Waals surface area (Å²) < 4.78 is 16.7. The van der Waals surface area contributed by atoms with Gasteiger partial charge in [0, 0.05) is 17.2 Å². The third kappa shape index (κ3) is 3.70. The minimum absolute atomic E-state index is 0.137. The number of benzene rings is 1. The van der Waals surface area contributed by atoms with Gasteiger partial charge in [-0.25, -0.2) is 4.79 Å². The average Bonchev–Trinajstić information content (AvgIpc) is 3.23. The van der Waals surface area contributed by atoms with Crippen molar-refractivity contribution in [1.29, 1.82) is 0 Å². The van der Waals surface area contributed by atoms with E-state index >= 15 is 0 Å². The van der Waals surface area contributed by atoms with Gasteiger partial charge in [-0.15, -0.1) is 0 Å². The maximum atomic E-state index is 13.2. The van der Waals surface area contributed by atoms with Gasteiger partial charge < -0.3 is 19.5 Å². The van der Waals surface area contributed by atoms with Crippen LogP contribution in [0, 0.1) is 6.92 Å². The predicted molar refractivity (Wildman–Crippen MR) is 113 cm³/mol. The van der Waals surface area contributed by atoms with E-state index in [0.717, 1.165) is 37.9 Å². The SMILES string of the molecule is CCOC(=O)OC1=C(c2c(C)cc(Cl)cc2Cl)C(=O)NC12CCC1(CCCO1)CC2. The first-order valence-electron chi connectivity index (χ1n) is 10.3. The molecular weight excluding hydrogens is 429 g/mol. The summed E-state index contributed by atoms with van der Waals surface area (Å²) in [5.41, 5.74) is 0.594. The summed E-state index contributed by atoms with van der Waals surface area (Å²) in [4.78, 5) is 25.5. The molecule has 2 heterocycles. The molecule has 2 spiro atoms. The molecule has 1 saturated carbocycles. The number of hydrogen-bond acceptors (Lipinski definition) is 5. The molecule has 0 atom stereocenters. The molecule has 1 amide bonds. The van der Waals surface area contributed by atoms with Gasteiger partial charge in [0.05, 0.1) is 28.3 Å². The fraction of sp³-hybridized carbons (Fsp3) is 0.545. The molecule has 8 heteroatoms. The van der Waals surface area contributed by atoms with Crippen LogP contribution in [-0.4, -0.2) is 36.4 Å². The number of amides is 1. The standard InChI is InChI=1S/C22H25Cl2NO5/c1-3-28-20(27)30-18-17(16-13(2)11-14(23)12-15(16)24)19(26)25-22(18)8-6-21(7-9-22)5-4-10-29-21/h11-12H,3-10H2,1-2H3,(H,25,26). The van der Waals surface area contributed by atoms with E-state index in [0.29, 0.717) is 28.5 Å². The van der Waals surface area contributed by atoms with E-state index in [4.69, 9.17) is 37.4 Å². The van der Waals surface area contributed by atoms with Crippen molar-refractivity contribution in [2.45, 2.75) is 63.5 Å². The Hall–Kier alpha value is -1.76. The van der Waals surface area contributed by atoms with Crippen LogP contribution in [0.25, 0.3) is 5.57 Å². The number of aryl methyl sites for hydroxylation is 1. The van der Waals surface area contributed by atoms with Gasteiger partial charge in [-0.2, -0.15) is 0 Å². The van der Waals surface area contributed by atoms with Crippen LogP contribution in [0.1, 0.15) is 56.6 Å². The highest BCUT2D eigenvalue weighted by atomic mass is 35.5. The second-order valence-corrected chi connectivity index (χ2v) is 9.08. The van der Waals surface area contributed by atoms with E-state index in [-0.39, 0.29) is 29.4 Å². The van der Waals surface area contributed by atoms with E-state index in [1.54, 1.807) is 19.1 Å². The summed E-state index contributed by atoms with van der Waals surface area (Å²) in [6.07, 6.45) is 4.02. The van der Waals surface area contributed by atoms with Gasteiger partial charge in [-0.3, -0.25) is 4.79 Å². The molecule has 1 aromatic rings. The molecule has 2 fully saturated rings. The van der Waals surface area contributed by atoms with Gasteiger partial charge in [-0.05, 0) is 70.1 Å². The Kier molecular flexibility index (Phi) is 5.77. The number of carbonyl (C=O) groups excluding carboxylic acids is 2. The van der Waals surface area contributed by atoms with Crippen LogP contribution in [-0.2, 0) is 19.0 Å². The van der Waals surface area contributed by atoms with Crippen molar-refractivity contribution in [3.05, 3.63) is 39.1 Å². The van der Waals surface area contributed by atoms with Crippen LogP contribution in [0.15, 0.2) is 17.9 Å². The zero-order chi connectivity index (χ0) is 21.5. The zero-order valence-electron chi connectivity index (χ0n) is 17.1. The Bertz CT molecular complexity index is 887. The molecule has 1 saturated heterocycles. The van der Waals surface area contributed by atoms with Crippen molar-refractivity contribution in [3.8, 4) is 0 Å². The highest BCUT2D eigenvalue weighted by Gasteiger charge is 2.54. The molecule has 1 aliphatic carbocycles. The number of rotatable bonds is 3. The Balaban J connectivity index is 1.78. The molecular formula is C22H25Cl2NO5. The Morgan fingerprint density at radius 3 is 2.53 bits per heavy atom. The number of hydrogen-bond donors (Lipinski definition) is 1. The number of ether oxygens (including phenoxy) is 3. The van der Waals surface area contributed by atoms with Crippen LogP contribution in [0.2, 0.25) is 10.0 Å². The summed E-state index contributed by atoms with van der Waals surface area (Å²) in [5, 5.41) is 3.90. The van der Waals surface area contributed by atoms with E-state index in [1.807, 2.05) is 6.92 Å².